The summed E-state index contributed by atoms with van der Waals surface area (Å²) in [5.74, 6) is 1.76. The van der Waals surface area contributed by atoms with Crippen molar-refractivity contribution in [3.8, 4) is 0 Å². The number of halogens is 1. The highest BCUT2D eigenvalue weighted by molar-refractivity contribution is 6.30. The van der Waals surface area contributed by atoms with Gasteiger partial charge >= 0.3 is 0 Å². The van der Waals surface area contributed by atoms with E-state index in [0.717, 1.165) is 30.0 Å². The van der Waals surface area contributed by atoms with E-state index in [0.29, 0.717) is 16.6 Å². The Morgan fingerprint density at radius 1 is 1.37 bits per heavy atom. The Bertz CT molecular complexity index is 457. The monoisotopic (exact) mass is 281 g/mol. The lowest BCUT2D eigenvalue weighted by Gasteiger charge is -2.29. The third-order valence-electron chi connectivity index (χ3n) is 4.17. The summed E-state index contributed by atoms with van der Waals surface area (Å²) in [5.41, 5.74) is 1.29. The minimum atomic E-state index is 0.328. The predicted octanol–water partition coefficient (Wildman–Crippen LogP) is 4.38. The van der Waals surface area contributed by atoms with Gasteiger partial charge in [0.1, 0.15) is 16.8 Å². The zero-order valence-corrected chi connectivity index (χ0v) is 13.1. The highest BCUT2D eigenvalue weighted by Crippen LogP contribution is 2.39. The van der Waals surface area contributed by atoms with Crippen molar-refractivity contribution in [1.29, 1.82) is 0 Å². The second-order valence-electron chi connectivity index (χ2n) is 6.23. The van der Waals surface area contributed by atoms with Crippen LogP contribution in [0.25, 0.3) is 0 Å². The van der Waals surface area contributed by atoms with Crippen molar-refractivity contribution in [3.05, 3.63) is 16.5 Å². The highest BCUT2D eigenvalue weighted by Gasteiger charge is 2.34. The van der Waals surface area contributed by atoms with E-state index in [1.807, 2.05) is 6.92 Å². The fourth-order valence-corrected chi connectivity index (χ4v) is 2.96. The lowest BCUT2D eigenvalue weighted by atomic mass is 9.87. The van der Waals surface area contributed by atoms with E-state index < -0.39 is 0 Å². The standard InChI is InChI=1S/C15H24ClN3/c1-5-7-12-18-13(16)10(2)14(19-12)17-11-8-6-9-15(11,3)4/h11H,5-9H2,1-4H3,(H,17,18,19). The Balaban J connectivity index is 2.24. The lowest BCUT2D eigenvalue weighted by molar-refractivity contribution is 0.349. The van der Waals surface area contributed by atoms with Crippen LogP contribution in [0, 0.1) is 12.3 Å². The fourth-order valence-electron chi connectivity index (χ4n) is 2.77. The predicted molar refractivity (Wildman–Crippen MR) is 80.8 cm³/mol. The van der Waals surface area contributed by atoms with Gasteiger partial charge in [0.15, 0.2) is 0 Å². The molecule has 0 aliphatic heterocycles. The van der Waals surface area contributed by atoms with Crippen LogP contribution in [0.5, 0.6) is 0 Å². The van der Waals surface area contributed by atoms with Gasteiger partial charge in [-0.05, 0) is 31.6 Å². The number of aryl methyl sites for hydroxylation is 1. The molecule has 1 fully saturated rings. The summed E-state index contributed by atoms with van der Waals surface area (Å²) in [7, 11) is 0. The van der Waals surface area contributed by atoms with E-state index in [2.05, 4.69) is 36.1 Å². The fraction of sp³-hybridized carbons (Fsp3) is 0.733. The van der Waals surface area contributed by atoms with Gasteiger partial charge in [0, 0.05) is 18.0 Å². The Hall–Kier alpha value is -0.830. The van der Waals surface area contributed by atoms with Crippen molar-refractivity contribution in [2.75, 3.05) is 5.32 Å². The normalized spacial score (nSPS) is 21.6. The molecule has 1 aromatic rings. The van der Waals surface area contributed by atoms with Crippen LogP contribution in [-0.4, -0.2) is 16.0 Å². The molecule has 1 heterocycles. The smallest absolute Gasteiger partial charge is 0.137 e. The molecule has 1 unspecified atom stereocenters. The van der Waals surface area contributed by atoms with E-state index in [4.69, 9.17) is 11.6 Å². The van der Waals surface area contributed by atoms with Gasteiger partial charge in [0.2, 0.25) is 0 Å². The van der Waals surface area contributed by atoms with Gasteiger partial charge in [-0.15, -0.1) is 0 Å². The van der Waals surface area contributed by atoms with Gasteiger partial charge < -0.3 is 5.32 Å². The Labute approximate surface area is 121 Å². The van der Waals surface area contributed by atoms with Crippen LogP contribution in [-0.2, 0) is 6.42 Å². The summed E-state index contributed by atoms with van der Waals surface area (Å²) in [6.45, 7) is 8.76. The van der Waals surface area contributed by atoms with Gasteiger partial charge in [-0.25, -0.2) is 9.97 Å². The summed E-state index contributed by atoms with van der Waals surface area (Å²) >= 11 is 6.22. The maximum absolute atomic E-state index is 6.22. The first-order valence-electron chi connectivity index (χ1n) is 7.23. The van der Waals surface area contributed by atoms with E-state index >= 15 is 0 Å². The first-order valence-corrected chi connectivity index (χ1v) is 7.61. The number of nitrogens with zero attached hydrogens (tertiary/aromatic N) is 2. The number of nitrogens with one attached hydrogen (secondary N) is 1. The molecule has 0 saturated heterocycles. The molecule has 0 aromatic carbocycles. The second kappa shape index (κ2) is 5.66. The molecule has 4 heteroatoms. The molecule has 0 amide bonds. The van der Waals surface area contributed by atoms with E-state index in [1.54, 1.807) is 0 Å². The molecule has 1 aromatic heterocycles. The van der Waals surface area contributed by atoms with Crippen LogP contribution in [0.4, 0.5) is 5.82 Å². The number of hydrogen-bond donors (Lipinski definition) is 1. The van der Waals surface area contributed by atoms with E-state index in [1.165, 1.54) is 19.3 Å². The van der Waals surface area contributed by atoms with Crippen LogP contribution < -0.4 is 5.32 Å². The summed E-state index contributed by atoms with van der Waals surface area (Å²) in [6, 6.07) is 0.478. The molecule has 19 heavy (non-hydrogen) atoms. The maximum Gasteiger partial charge on any atom is 0.137 e. The topological polar surface area (TPSA) is 37.8 Å². The molecular formula is C15H24ClN3. The third kappa shape index (κ3) is 3.19. The molecule has 3 nitrogen and oxygen atoms in total. The van der Waals surface area contributed by atoms with Crippen molar-refractivity contribution >= 4 is 17.4 Å². The molecule has 0 radical (unpaired) electrons. The Morgan fingerprint density at radius 2 is 2.11 bits per heavy atom. The first kappa shape index (κ1) is 14.6. The largest absolute Gasteiger partial charge is 0.366 e. The molecule has 1 aliphatic carbocycles. The summed E-state index contributed by atoms with van der Waals surface area (Å²) in [4.78, 5) is 8.99. The number of hydrogen-bond acceptors (Lipinski definition) is 3. The quantitative estimate of drug-likeness (QED) is 0.832. The van der Waals surface area contributed by atoms with Crippen molar-refractivity contribution in [2.45, 2.75) is 65.8 Å². The van der Waals surface area contributed by atoms with Gasteiger partial charge in [0.25, 0.3) is 0 Å². The summed E-state index contributed by atoms with van der Waals surface area (Å²) < 4.78 is 0. The Morgan fingerprint density at radius 3 is 2.68 bits per heavy atom. The van der Waals surface area contributed by atoms with Crippen molar-refractivity contribution in [3.63, 3.8) is 0 Å². The molecule has 1 aliphatic rings. The number of aromatic nitrogens is 2. The van der Waals surface area contributed by atoms with Crippen LogP contribution >= 0.6 is 11.6 Å². The van der Waals surface area contributed by atoms with Crippen molar-refractivity contribution in [1.82, 2.24) is 9.97 Å². The van der Waals surface area contributed by atoms with Crippen molar-refractivity contribution < 1.29 is 0 Å². The minimum Gasteiger partial charge on any atom is -0.366 e. The van der Waals surface area contributed by atoms with E-state index in [9.17, 15) is 0 Å². The molecule has 2 rings (SSSR count). The Kier molecular flexibility index (Phi) is 4.34. The summed E-state index contributed by atoms with van der Waals surface area (Å²) in [5, 5.41) is 4.18. The molecule has 1 N–H and O–H groups in total. The maximum atomic E-state index is 6.22. The van der Waals surface area contributed by atoms with Crippen LogP contribution in [0.3, 0.4) is 0 Å². The van der Waals surface area contributed by atoms with Crippen LogP contribution in [0.1, 0.15) is 57.8 Å². The lowest BCUT2D eigenvalue weighted by Crippen LogP contribution is -2.31. The van der Waals surface area contributed by atoms with Crippen LogP contribution in [0.15, 0.2) is 0 Å². The highest BCUT2D eigenvalue weighted by atomic mass is 35.5. The molecular weight excluding hydrogens is 258 g/mol. The van der Waals surface area contributed by atoms with Gasteiger partial charge in [-0.1, -0.05) is 38.8 Å². The third-order valence-corrected chi connectivity index (χ3v) is 4.54. The number of anilines is 1. The van der Waals surface area contributed by atoms with Crippen LogP contribution in [0.2, 0.25) is 5.15 Å². The average molecular weight is 282 g/mol. The molecule has 106 valence electrons. The van der Waals surface area contributed by atoms with Gasteiger partial charge in [-0.2, -0.15) is 0 Å². The second-order valence-corrected chi connectivity index (χ2v) is 6.59. The van der Waals surface area contributed by atoms with Gasteiger partial charge in [-0.3, -0.25) is 0 Å². The van der Waals surface area contributed by atoms with Crippen molar-refractivity contribution in [2.24, 2.45) is 5.41 Å². The zero-order valence-electron chi connectivity index (χ0n) is 12.4. The minimum absolute atomic E-state index is 0.328. The number of rotatable bonds is 4. The summed E-state index contributed by atoms with van der Waals surface area (Å²) in [6.07, 6.45) is 5.67. The van der Waals surface area contributed by atoms with E-state index in [-0.39, 0.29) is 0 Å². The molecule has 0 spiro atoms. The van der Waals surface area contributed by atoms with Gasteiger partial charge in [0.05, 0.1) is 0 Å². The molecule has 1 atom stereocenters. The zero-order chi connectivity index (χ0) is 14.0. The molecule has 0 bridgehead atoms. The first-order chi connectivity index (χ1) is 8.94. The molecule has 1 saturated carbocycles. The average Bonchev–Trinajstić information content (AvgIpc) is 2.65. The SMILES string of the molecule is CCCc1nc(Cl)c(C)c(NC2CCCC2(C)C)n1.